The largest absolute Gasteiger partial charge is 0.389 e. The van der Waals surface area contributed by atoms with Gasteiger partial charge in [-0.1, -0.05) is 36.4 Å². The first-order valence-electron chi connectivity index (χ1n) is 8.28. The van der Waals surface area contributed by atoms with E-state index in [1.807, 2.05) is 30.3 Å². The number of alkyl halides is 3. The van der Waals surface area contributed by atoms with E-state index in [0.29, 0.717) is 12.1 Å². The predicted octanol–water partition coefficient (Wildman–Crippen LogP) is 4.16. The molecule has 0 radical (unpaired) electrons. The molecular formula is C18H18F3N3O2. The average molecular weight is 365 g/mol. The number of benzene rings is 2. The Bertz CT molecular complexity index is 817. The molecule has 0 atom stereocenters. The standard InChI is InChI=1S/C18H18F3N3O2/c19-18(20,21)10-9-16(25)23-11-4-12-24(23)17(26)22-15-8-3-6-13-5-1-2-7-14(13)15/h1-3,5-8H,4,9-12H2,(H,22,26). The molecule has 5 nitrogen and oxygen atoms in total. The molecule has 0 aliphatic carbocycles. The number of hydrogen-bond donors (Lipinski definition) is 1. The van der Waals surface area contributed by atoms with Gasteiger partial charge >= 0.3 is 12.2 Å². The van der Waals surface area contributed by atoms with Crippen LogP contribution in [0.1, 0.15) is 19.3 Å². The van der Waals surface area contributed by atoms with Crippen molar-refractivity contribution in [2.45, 2.75) is 25.4 Å². The van der Waals surface area contributed by atoms with Crippen LogP contribution in [0.5, 0.6) is 0 Å². The van der Waals surface area contributed by atoms with E-state index in [2.05, 4.69) is 5.32 Å². The maximum absolute atomic E-state index is 12.6. The molecule has 1 aliphatic rings. The second kappa shape index (κ2) is 7.23. The van der Waals surface area contributed by atoms with Crippen LogP contribution >= 0.6 is 0 Å². The summed E-state index contributed by atoms with van der Waals surface area (Å²) in [6.45, 7) is 0.522. The van der Waals surface area contributed by atoms with Gasteiger partial charge in [0.2, 0.25) is 5.91 Å². The molecule has 2 aromatic carbocycles. The summed E-state index contributed by atoms with van der Waals surface area (Å²) < 4.78 is 37.0. The minimum Gasteiger partial charge on any atom is -0.306 e. The highest BCUT2D eigenvalue weighted by atomic mass is 19.4. The van der Waals surface area contributed by atoms with Crippen molar-refractivity contribution in [3.63, 3.8) is 0 Å². The van der Waals surface area contributed by atoms with E-state index in [1.165, 1.54) is 5.01 Å². The SMILES string of the molecule is O=C(CCC(F)(F)F)N1CCCN1C(=O)Nc1cccc2ccccc12. The third kappa shape index (κ3) is 4.07. The highest BCUT2D eigenvalue weighted by Crippen LogP contribution is 2.25. The van der Waals surface area contributed by atoms with Crippen molar-refractivity contribution >= 4 is 28.4 Å². The van der Waals surface area contributed by atoms with E-state index in [1.54, 1.807) is 12.1 Å². The molecule has 26 heavy (non-hydrogen) atoms. The van der Waals surface area contributed by atoms with E-state index < -0.39 is 31.0 Å². The average Bonchev–Trinajstić information content (AvgIpc) is 3.09. The van der Waals surface area contributed by atoms with Crippen LogP contribution in [-0.4, -0.2) is 41.2 Å². The Morgan fingerprint density at radius 1 is 1.00 bits per heavy atom. The number of carbonyl (C=O) groups excluding carboxylic acids is 2. The molecule has 3 amide bonds. The zero-order valence-corrected chi connectivity index (χ0v) is 13.9. The third-order valence-corrected chi connectivity index (χ3v) is 4.21. The van der Waals surface area contributed by atoms with E-state index in [9.17, 15) is 22.8 Å². The highest BCUT2D eigenvalue weighted by Gasteiger charge is 2.34. The first-order chi connectivity index (χ1) is 12.3. The van der Waals surface area contributed by atoms with Gasteiger partial charge in [-0.2, -0.15) is 13.2 Å². The molecule has 0 unspecified atom stereocenters. The second-order valence-corrected chi connectivity index (χ2v) is 6.07. The fourth-order valence-electron chi connectivity index (χ4n) is 2.97. The topological polar surface area (TPSA) is 52.7 Å². The van der Waals surface area contributed by atoms with Crippen molar-refractivity contribution < 1.29 is 22.8 Å². The zero-order valence-electron chi connectivity index (χ0n) is 13.9. The van der Waals surface area contributed by atoms with Gasteiger partial charge in [0, 0.05) is 24.9 Å². The molecule has 2 aromatic rings. The van der Waals surface area contributed by atoms with Gasteiger partial charge in [0.05, 0.1) is 12.1 Å². The van der Waals surface area contributed by atoms with Gasteiger partial charge in [0.15, 0.2) is 0 Å². The van der Waals surface area contributed by atoms with Crippen molar-refractivity contribution in [2.75, 3.05) is 18.4 Å². The molecule has 0 spiro atoms. The zero-order chi connectivity index (χ0) is 18.7. The van der Waals surface area contributed by atoms with E-state index in [0.717, 1.165) is 15.8 Å². The summed E-state index contributed by atoms with van der Waals surface area (Å²) in [6, 6.07) is 12.4. The minimum atomic E-state index is -4.40. The van der Waals surface area contributed by atoms with Crippen LogP contribution < -0.4 is 5.32 Å². The van der Waals surface area contributed by atoms with Crippen molar-refractivity contribution in [1.82, 2.24) is 10.0 Å². The predicted molar refractivity (Wildman–Crippen MR) is 91.3 cm³/mol. The van der Waals surface area contributed by atoms with Crippen molar-refractivity contribution in [3.8, 4) is 0 Å². The van der Waals surface area contributed by atoms with Gasteiger partial charge in [-0.15, -0.1) is 0 Å². The molecule has 138 valence electrons. The normalized spacial score (nSPS) is 14.7. The maximum Gasteiger partial charge on any atom is 0.389 e. The van der Waals surface area contributed by atoms with Crippen LogP contribution in [0.3, 0.4) is 0 Å². The minimum absolute atomic E-state index is 0.236. The number of nitrogens with one attached hydrogen (secondary N) is 1. The molecule has 3 rings (SSSR count). The van der Waals surface area contributed by atoms with Gasteiger partial charge in [-0.05, 0) is 17.9 Å². The lowest BCUT2D eigenvalue weighted by Gasteiger charge is -2.28. The fourth-order valence-corrected chi connectivity index (χ4v) is 2.97. The summed E-state index contributed by atoms with van der Waals surface area (Å²) in [5.41, 5.74) is 0.586. The Morgan fingerprint density at radius 2 is 1.69 bits per heavy atom. The quantitative estimate of drug-likeness (QED) is 0.888. The number of hydrazine groups is 1. The smallest absolute Gasteiger partial charge is 0.306 e. The Morgan fingerprint density at radius 3 is 2.46 bits per heavy atom. The Labute approximate surface area is 148 Å². The van der Waals surface area contributed by atoms with Crippen molar-refractivity contribution in [3.05, 3.63) is 42.5 Å². The number of fused-ring (bicyclic) bond motifs is 1. The Hall–Kier alpha value is -2.77. The third-order valence-electron chi connectivity index (χ3n) is 4.21. The van der Waals surface area contributed by atoms with Crippen molar-refractivity contribution in [2.24, 2.45) is 0 Å². The van der Waals surface area contributed by atoms with Gasteiger partial charge in [-0.25, -0.2) is 9.80 Å². The Balaban J connectivity index is 1.71. The van der Waals surface area contributed by atoms with Gasteiger partial charge < -0.3 is 5.32 Å². The van der Waals surface area contributed by atoms with Crippen LogP contribution in [0.2, 0.25) is 0 Å². The number of hydrogen-bond acceptors (Lipinski definition) is 2. The van der Waals surface area contributed by atoms with E-state index in [4.69, 9.17) is 0 Å². The summed E-state index contributed by atoms with van der Waals surface area (Å²) in [5.74, 6) is -0.701. The molecule has 1 saturated heterocycles. The molecular weight excluding hydrogens is 347 g/mol. The molecule has 0 bridgehead atoms. The van der Waals surface area contributed by atoms with E-state index >= 15 is 0 Å². The summed E-state index contributed by atoms with van der Waals surface area (Å²) >= 11 is 0. The maximum atomic E-state index is 12.6. The first kappa shape index (κ1) is 18.0. The van der Waals surface area contributed by atoms with Crippen LogP contribution in [0.4, 0.5) is 23.7 Å². The van der Waals surface area contributed by atoms with Gasteiger partial charge in [-0.3, -0.25) is 9.80 Å². The molecule has 8 heteroatoms. The Kier molecular flexibility index (Phi) is 5.01. The van der Waals surface area contributed by atoms with Crippen LogP contribution in [0, 0.1) is 0 Å². The van der Waals surface area contributed by atoms with Gasteiger partial charge in [0.1, 0.15) is 0 Å². The van der Waals surface area contributed by atoms with E-state index in [-0.39, 0.29) is 13.1 Å². The lowest BCUT2D eigenvalue weighted by atomic mass is 10.1. The molecule has 1 fully saturated rings. The number of rotatable bonds is 3. The van der Waals surface area contributed by atoms with Crippen LogP contribution in [0.25, 0.3) is 10.8 Å². The number of nitrogens with zero attached hydrogens (tertiary/aromatic N) is 2. The molecule has 1 N–H and O–H groups in total. The molecule has 0 aromatic heterocycles. The second-order valence-electron chi connectivity index (χ2n) is 6.07. The summed E-state index contributed by atoms with van der Waals surface area (Å²) in [4.78, 5) is 24.6. The number of amides is 3. The van der Waals surface area contributed by atoms with Crippen molar-refractivity contribution in [1.29, 1.82) is 0 Å². The summed E-state index contributed by atoms with van der Waals surface area (Å²) in [5, 5.41) is 6.83. The molecule has 1 heterocycles. The summed E-state index contributed by atoms with van der Waals surface area (Å²) in [7, 11) is 0. The van der Waals surface area contributed by atoms with Crippen LogP contribution in [0.15, 0.2) is 42.5 Å². The fraction of sp³-hybridized carbons (Fsp3) is 0.333. The summed E-state index contributed by atoms with van der Waals surface area (Å²) in [6.07, 6.45) is -5.73. The lowest BCUT2D eigenvalue weighted by molar-refractivity contribution is -0.154. The van der Waals surface area contributed by atoms with Gasteiger partial charge in [0.25, 0.3) is 0 Å². The monoisotopic (exact) mass is 365 g/mol. The number of anilines is 1. The molecule has 0 saturated carbocycles. The molecule has 1 aliphatic heterocycles. The van der Waals surface area contributed by atoms with Crippen LogP contribution in [-0.2, 0) is 4.79 Å². The first-order valence-corrected chi connectivity index (χ1v) is 8.28. The number of urea groups is 1. The number of carbonyl (C=O) groups is 2. The number of halogens is 3. The lowest BCUT2D eigenvalue weighted by Crippen LogP contribution is -2.46. The highest BCUT2D eigenvalue weighted by molar-refractivity contribution is 6.01.